The molecule has 1 aromatic carbocycles. The van der Waals surface area contributed by atoms with E-state index in [0.717, 1.165) is 11.3 Å². The van der Waals surface area contributed by atoms with E-state index >= 15 is 0 Å². The van der Waals surface area contributed by atoms with Crippen molar-refractivity contribution >= 4 is 28.9 Å². The number of halogens is 1. The molecule has 1 N–H and O–H groups in total. The van der Waals surface area contributed by atoms with Crippen LogP contribution in [0.5, 0.6) is 0 Å². The molecule has 0 fully saturated rings. The monoisotopic (exact) mass is 416 g/mol. The normalized spacial score (nSPS) is 12.0. The third kappa shape index (κ3) is 4.29. The Balaban J connectivity index is 1.78. The highest BCUT2D eigenvalue weighted by Crippen LogP contribution is 2.23. The number of nitrogens with one attached hydrogen (secondary N) is 1. The first-order chi connectivity index (χ1) is 13.7. The van der Waals surface area contributed by atoms with E-state index < -0.39 is 11.0 Å². The van der Waals surface area contributed by atoms with E-state index in [1.165, 1.54) is 17.8 Å². The average molecular weight is 417 g/mol. The number of carbonyl (C=O) groups is 1. The van der Waals surface area contributed by atoms with Crippen molar-refractivity contribution in [3.05, 3.63) is 68.2 Å². The first-order valence-electron chi connectivity index (χ1n) is 8.96. The Morgan fingerprint density at radius 1 is 1.21 bits per heavy atom. The quantitative estimate of drug-likeness (QED) is 0.485. The van der Waals surface area contributed by atoms with Gasteiger partial charge in [0.25, 0.3) is 0 Å². The molecule has 0 saturated heterocycles. The summed E-state index contributed by atoms with van der Waals surface area (Å²) in [6.07, 6.45) is 1.27. The predicted octanol–water partition coefficient (Wildman–Crippen LogP) is 3.81. The number of hydrogen-bond donors (Lipinski definition) is 1. The van der Waals surface area contributed by atoms with Crippen LogP contribution in [0.2, 0.25) is 5.02 Å². The topological polar surface area (TPSA) is 108 Å². The molecule has 0 aliphatic heterocycles. The number of hydrogen-bond acceptors (Lipinski definition) is 5. The summed E-state index contributed by atoms with van der Waals surface area (Å²) in [6.45, 7) is 7.40. The van der Waals surface area contributed by atoms with Crippen molar-refractivity contribution < 1.29 is 9.72 Å². The van der Waals surface area contributed by atoms with Crippen LogP contribution in [0.4, 0.5) is 11.4 Å². The molecule has 2 aromatic heterocycles. The summed E-state index contributed by atoms with van der Waals surface area (Å²) in [5, 5.41) is 23.2. The molecular weight excluding hydrogens is 396 g/mol. The maximum absolute atomic E-state index is 12.7. The van der Waals surface area contributed by atoms with Crippen LogP contribution in [-0.4, -0.2) is 30.4 Å². The fraction of sp³-hybridized carbons (Fsp3) is 0.316. The fourth-order valence-electron chi connectivity index (χ4n) is 2.99. The third-order valence-electron chi connectivity index (χ3n) is 4.74. The van der Waals surface area contributed by atoms with Crippen molar-refractivity contribution in [1.29, 1.82) is 0 Å². The van der Waals surface area contributed by atoms with E-state index in [1.807, 2.05) is 42.8 Å². The van der Waals surface area contributed by atoms with Gasteiger partial charge < -0.3 is 5.32 Å². The van der Waals surface area contributed by atoms with Crippen molar-refractivity contribution in [2.24, 2.45) is 0 Å². The number of aromatic nitrogens is 4. The van der Waals surface area contributed by atoms with Crippen LogP contribution in [0.15, 0.2) is 30.5 Å². The Hall–Kier alpha value is -3.20. The second kappa shape index (κ2) is 8.04. The van der Waals surface area contributed by atoms with Crippen LogP contribution in [-0.2, 0) is 11.3 Å². The van der Waals surface area contributed by atoms with Crippen molar-refractivity contribution in [2.75, 3.05) is 5.32 Å². The first-order valence-corrected chi connectivity index (χ1v) is 9.34. The molecule has 9 nitrogen and oxygen atoms in total. The first kappa shape index (κ1) is 20.5. The van der Waals surface area contributed by atoms with Gasteiger partial charge in [-0.2, -0.15) is 10.2 Å². The van der Waals surface area contributed by atoms with E-state index in [0.29, 0.717) is 22.9 Å². The minimum Gasteiger partial charge on any atom is -0.321 e. The summed E-state index contributed by atoms with van der Waals surface area (Å²) in [7, 11) is 0. The van der Waals surface area contributed by atoms with Gasteiger partial charge in [0, 0.05) is 5.02 Å². The van der Waals surface area contributed by atoms with Gasteiger partial charge in [0.2, 0.25) is 5.91 Å². The summed E-state index contributed by atoms with van der Waals surface area (Å²) in [5.41, 5.74) is 3.28. The predicted molar refractivity (Wildman–Crippen MR) is 109 cm³/mol. The minimum atomic E-state index is -0.721. The summed E-state index contributed by atoms with van der Waals surface area (Å²) in [4.78, 5) is 23.2. The fourth-order valence-corrected chi connectivity index (χ4v) is 3.12. The molecule has 0 radical (unpaired) electrons. The van der Waals surface area contributed by atoms with Gasteiger partial charge in [-0.15, -0.1) is 0 Å². The van der Waals surface area contributed by atoms with Gasteiger partial charge in [-0.1, -0.05) is 23.7 Å². The number of aryl methyl sites for hydroxylation is 2. The lowest BCUT2D eigenvalue weighted by Crippen LogP contribution is -2.24. The average Bonchev–Trinajstić information content (AvgIpc) is 3.18. The Morgan fingerprint density at radius 2 is 1.86 bits per heavy atom. The van der Waals surface area contributed by atoms with Gasteiger partial charge in [-0.3, -0.25) is 24.3 Å². The zero-order valence-corrected chi connectivity index (χ0v) is 17.3. The zero-order chi connectivity index (χ0) is 21.3. The Bertz CT molecular complexity index is 1070. The number of benzene rings is 1. The van der Waals surface area contributed by atoms with E-state index in [9.17, 15) is 14.9 Å². The Morgan fingerprint density at radius 3 is 2.45 bits per heavy atom. The van der Waals surface area contributed by atoms with Crippen LogP contribution in [0.3, 0.4) is 0 Å². The molecule has 1 unspecified atom stereocenters. The molecule has 10 heteroatoms. The van der Waals surface area contributed by atoms with E-state index in [1.54, 1.807) is 6.92 Å². The molecule has 0 bridgehead atoms. The molecule has 0 saturated carbocycles. The second-order valence-electron chi connectivity index (χ2n) is 6.83. The van der Waals surface area contributed by atoms with Crippen molar-refractivity contribution in [3.8, 4) is 0 Å². The SMILES string of the molecule is Cc1nn(C(C)C(=O)Nc2c(C)nn(Cc3ccc(Cl)cc3)c2C)cc1[N+](=O)[O-]. The summed E-state index contributed by atoms with van der Waals surface area (Å²) < 4.78 is 3.10. The highest BCUT2D eigenvalue weighted by molar-refractivity contribution is 6.30. The molecule has 0 aliphatic rings. The molecule has 1 atom stereocenters. The zero-order valence-electron chi connectivity index (χ0n) is 16.5. The van der Waals surface area contributed by atoms with Crippen LogP contribution in [0, 0.1) is 30.9 Å². The molecule has 3 aromatic rings. The number of nitro groups is 1. The molecule has 3 rings (SSSR count). The lowest BCUT2D eigenvalue weighted by Gasteiger charge is -2.13. The van der Waals surface area contributed by atoms with Gasteiger partial charge in [0.15, 0.2) is 0 Å². The van der Waals surface area contributed by atoms with Gasteiger partial charge in [0.1, 0.15) is 17.9 Å². The highest BCUT2D eigenvalue weighted by atomic mass is 35.5. The third-order valence-corrected chi connectivity index (χ3v) is 4.99. The van der Waals surface area contributed by atoms with Gasteiger partial charge in [-0.25, -0.2) is 0 Å². The number of anilines is 1. The molecule has 0 aliphatic carbocycles. The maximum atomic E-state index is 12.7. The minimum absolute atomic E-state index is 0.118. The lowest BCUT2D eigenvalue weighted by molar-refractivity contribution is -0.385. The largest absolute Gasteiger partial charge is 0.321 e. The maximum Gasteiger partial charge on any atom is 0.309 e. The number of amides is 1. The number of nitrogens with zero attached hydrogens (tertiary/aromatic N) is 5. The van der Waals surface area contributed by atoms with Crippen molar-refractivity contribution in [3.63, 3.8) is 0 Å². The highest BCUT2D eigenvalue weighted by Gasteiger charge is 2.24. The molecule has 1 amide bonds. The molecule has 152 valence electrons. The van der Waals surface area contributed by atoms with Crippen LogP contribution >= 0.6 is 11.6 Å². The summed E-state index contributed by atoms with van der Waals surface area (Å²) in [5.74, 6) is -0.334. The van der Waals surface area contributed by atoms with Gasteiger partial charge in [-0.05, 0) is 45.4 Å². The van der Waals surface area contributed by atoms with E-state index in [2.05, 4.69) is 15.5 Å². The standard InChI is InChI=1S/C19H21ClN6O3/c1-11-17(26(28)29)10-25(22-11)14(4)19(27)21-18-12(2)23-24(13(18)3)9-15-5-7-16(20)8-6-15/h5-8,10,14H,9H2,1-4H3,(H,21,27). The second-order valence-corrected chi connectivity index (χ2v) is 7.27. The van der Waals surface area contributed by atoms with E-state index in [4.69, 9.17) is 11.6 Å². The molecule has 2 heterocycles. The van der Waals surface area contributed by atoms with Gasteiger partial charge >= 0.3 is 5.69 Å². The molecule has 29 heavy (non-hydrogen) atoms. The van der Waals surface area contributed by atoms with Gasteiger partial charge in [0.05, 0.1) is 28.5 Å². The molecule has 0 spiro atoms. The summed E-state index contributed by atoms with van der Waals surface area (Å²) >= 11 is 5.93. The Kier molecular flexibility index (Phi) is 5.69. The lowest BCUT2D eigenvalue weighted by atomic mass is 10.2. The van der Waals surface area contributed by atoms with Crippen molar-refractivity contribution in [2.45, 2.75) is 40.3 Å². The number of carbonyl (C=O) groups excluding carboxylic acids is 1. The Labute approximate surface area is 172 Å². The summed E-state index contributed by atoms with van der Waals surface area (Å²) in [6, 6.07) is 6.76. The molecular formula is C19H21ClN6O3. The smallest absolute Gasteiger partial charge is 0.309 e. The van der Waals surface area contributed by atoms with Crippen molar-refractivity contribution in [1.82, 2.24) is 19.6 Å². The van der Waals surface area contributed by atoms with Crippen LogP contribution in [0.25, 0.3) is 0 Å². The number of rotatable bonds is 6. The van der Waals surface area contributed by atoms with Crippen LogP contribution in [0.1, 0.15) is 35.6 Å². The van der Waals surface area contributed by atoms with Crippen LogP contribution < -0.4 is 5.32 Å². The van der Waals surface area contributed by atoms with E-state index in [-0.39, 0.29) is 17.3 Å².